The standard InChI is InChI=1S/C18H25NO2S/c1-5-6-16(22)19-12(2)18(3,4)14-11-13(7-9-15(14)19)8-10-17(20)21/h7,9,11,16H,5-6,8,10H2,1-4H3,(H-,20,21,22)/p+1. The van der Waals surface area contributed by atoms with Crippen LogP contribution >= 0.6 is 12.6 Å². The molecule has 0 aliphatic carbocycles. The van der Waals surface area contributed by atoms with Crippen molar-refractivity contribution in [2.24, 2.45) is 0 Å². The third kappa shape index (κ3) is 3.07. The number of carboxylic acid groups (broad SMARTS) is 1. The Morgan fingerprint density at radius 2 is 2.09 bits per heavy atom. The molecule has 1 aromatic carbocycles. The van der Waals surface area contributed by atoms with Gasteiger partial charge in [-0.25, -0.2) is 0 Å². The second kappa shape index (κ2) is 6.45. The summed E-state index contributed by atoms with van der Waals surface area (Å²) in [6.07, 6.45) is 2.90. The summed E-state index contributed by atoms with van der Waals surface area (Å²) >= 11 is 4.79. The van der Waals surface area contributed by atoms with Gasteiger partial charge < -0.3 is 5.11 Å². The van der Waals surface area contributed by atoms with Gasteiger partial charge in [0, 0.05) is 31.4 Å². The molecule has 0 bridgehead atoms. The average molecular weight is 320 g/mol. The van der Waals surface area contributed by atoms with E-state index in [4.69, 9.17) is 17.7 Å². The molecule has 120 valence electrons. The van der Waals surface area contributed by atoms with E-state index >= 15 is 0 Å². The predicted octanol–water partition coefficient (Wildman–Crippen LogP) is 4.16. The predicted molar refractivity (Wildman–Crippen MR) is 93.7 cm³/mol. The minimum atomic E-state index is -0.748. The summed E-state index contributed by atoms with van der Waals surface area (Å²) in [5, 5.41) is 9.05. The fourth-order valence-electron chi connectivity index (χ4n) is 3.15. The quantitative estimate of drug-likeness (QED) is 0.610. The first kappa shape index (κ1) is 17.1. The maximum absolute atomic E-state index is 10.8. The first-order chi connectivity index (χ1) is 10.3. The lowest BCUT2D eigenvalue weighted by Gasteiger charge is -2.15. The molecule has 1 aliphatic heterocycles. The van der Waals surface area contributed by atoms with Crippen LogP contribution in [-0.2, 0) is 16.6 Å². The van der Waals surface area contributed by atoms with E-state index in [1.807, 2.05) is 0 Å². The summed E-state index contributed by atoms with van der Waals surface area (Å²) in [6, 6.07) is 6.35. The number of aryl methyl sites for hydroxylation is 1. The van der Waals surface area contributed by atoms with Gasteiger partial charge in [-0.15, -0.1) is 12.6 Å². The van der Waals surface area contributed by atoms with Crippen molar-refractivity contribution in [3.05, 3.63) is 29.3 Å². The molecule has 4 heteroatoms. The van der Waals surface area contributed by atoms with Gasteiger partial charge in [0.2, 0.25) is 11.1 Å². The molecule has 0 saturated carbocycles. The number of carbonyl (C=O) groups is 1. The zero-order chi connectivity index (χ0) is 16.5. The molecule has 1 heterocycles. The van der Waals surface area contributed by atoms with E-state index in [-0.39, 0.29) is 17.2 Å². The Kier molecular flexibility index (Phi) is 5.00. The van der Waals surface area contributed by atoms with Crippen LogP contribution in [0.4, 0.5) is 5.69 Å². The Bertz CT molecular complexity index is 620. The molecule has 2 rings (SSSR count). The number of carboxylic acids is 1. The molecular formula is C18H26NO2S+. The van der Waals surface area contributed by atoms with E-state index in [0.29, 0.717) is 6.42 Å². The number of aliphatic carboxylic acids is 1. The molecule has 1 N–H and O–H groups in total. The fourth-order valence-corrected chi connectivity index (χ4v) is 3.70. The molecular weight excluding hydrogens is 294 g/mol. The number of nitrogens with zero attached hydrogens (tertiary/aromatic N) is 1. The minimum absolute atomic E-state index is 0.0384. The monoisotopic (exact) mass is 320 g/mol. The lowest BCUT2D eigenvalue weighted by Crippen LogP contribution is -2.29. The number of hydrogen-bond donors (Lipinski definition) is 2. The molecule has 0 fully saturated rings. The van der Waals surface area contributed by atoms with E-state index in [1.54, 1.807) is 0 Å². The second-order valence-corrected chi connectivity index (χ2v) is 7.19. The smallest absolute Gasteiger partial charge is 0.303 e. The fraction of sp³-hybridized carbons (Fsp3) is 0.556. The van der Waals surface area contributed by atoms with Crippen molar-refractivity contribution in [2.75, 3.05) is 0 Å². The Morgan fingerprint density at radius 3 is 2.68 bits per heavy atom. The van der Waals surface area contributed by atoms with Crippen molar-refractivity contribution in [3.63, 3.8) is 0 Å². The SMILES string of the molecule is CCCC(S)[N+]1=C(C)C(C)(C)c2cc(CCC(=O)O)ccc21. The molecule has 0 amide bonds. The Morgan fingerprint density at radius 1 is 1.41 bits per heavy atom. The largest absolute Gasteiger partial charge is 0.481 e. The van der Waals surface area contributed by atoms with Gasteiger partial charge in [0.15, 0.2) is 5.71 Å². The highest BCUT2D eigenvalue weighted by molar-refractivity contribution is 7.80. The van der Waals surface area contributed by atoms with Gasteiger partial charge in [0.25, 0.3) is 0 Å². The van der Waals surface area contributed by atoms with Crippen LogP contribution < -0.4 is 0 Å². The van der Waals surface area contributed by atoms with Crippen molar-refractivity contribution in [2.45, 2.75) is 64.2 Å². The average Bonchev–Trinajstić information content (AvgIpc) is 2.65. The molecule has 0 aromatic heterocycles. The van der Waals surface area contributed by atoms with Gasteiger partial charge in [-0.05, 0) is 38.3 Å². The summed E-state index contributed by atoms with van der Waals surface area (Å²) in [4.78, 5) is 10.8. The van der Waals surface area contributed by atoms with Gasteiger partial charge in [-0.1, -0.05) is 13.0 Å². The number of fused-ring (bicyclic) bond motifs is 1. The van der Waals surface area contributed by atoms with Crippen molar-refractivity contribution in [1.82, 2.24) is 0 Å². The van der Waals surface area contributed by atoms with Gasteiger partial charge in [0.05, 0.1) is 5.41 Å². The summed E-state index contributed by atoms with van der Waals surface area (Å²) < 4.78 is 2.34. The van der Waals surface area contributed by atoms with E-state index < -0.39 is 5.97 Å². The zero-order valence-corrected chi connectivity index (χ0v) is 14.8. The van der Waals surface area contributed by atoms with Crippen molar-refractivity contribution in [3.8, 4) is 0 Å². The molecule has 1 aromatic rings. The Balaban J connectivity index is 2.40. The molecule has 22 heavy (non-hydrogen) atoms. The summed E-state index contributed by atoms with van der Waals surface area (Å²) in [5.41, 5.74) is 4.86. The van der Waals surface area contributed by atoms with Crippen molar-refractivity contribution in [1.29, 1.82) is 0 Å². The highest BCUT2D eigenvalue weighted by Gasteiger charge is 2.44. The first-order valence-electron chi connectivity index (χ1n) is 7.95. The van der Waals surface area contributed by atoms with Gasteiger partial charge >= 0.3 is 5.97 Å². The van der Waals surface area contributed by atoms with E-state index in [2.05, 4.69) is 50.5 Å². The summed E-state index contributed by atoms with van der Waals surface area (Å²) in [6.45, 7) is 8.81. The molecule has 1 atom stereocenters. The van der Waals surface area contributed by atoms with E-state index in [0.717, 1.165) is 18.4 Å². The van der Waals surface area contributed by atoms with Crippen LogP contribution in [0.15, 0.2) is 18.2 Å². The Hall–Kier alpha value is -1.29. The highest BCUT2D eigenvalue weighted by atomic mass is 32.1. The molecule has 3 nitrogen and oxygen atoms in total. The van der Waals surface area contributed by atoms with Gasteiger partial charge in [0.1, 0.15) is 0 Å². The molecule has 1 aliphatic rings. The van der Waals surface area contributed by atoms with Crippen molar-refractivity contribution >= 4 is 30.0 Å². The topological polar surface area (TPSA) is 40.3 Å². The van der Waals surface area contributed by atoms with Crippen LogP contribution in [0.3, 0.4) is 0 Å². The number of hydrogen-bond acceptors (Lipinski definition) is 2. The number of benzene rings is 1. The molecule has 0 radical (unpaired) electrons. The maximum Gasteiger partial charge on any atom is 0.303 e. The Labute approximate surface area is 138 Å². The van der Waals surface area contributed by atoms with Gasteiger partial charge in [-0.2, -0.15) is 4.58 Å². The van der Waals surface area contributed by atoms with Crippen LogP contribution in [0.2, 0.25) is 0 Å². The van der Waals surface area contributed by atoms with E-state index in [1.165, 1.54) is 17.0 Å². The van der Waals surface area contributed by atoms with Crippen molar-refractivity contribution < 1.29 is 14.5 Å². The lowest BCUT2D eigenvalue weighted by atomic mass is 9.81. The van der Waals surface area contributed by atoms with Crippen LogP contribution in [-0.4, -0.2) is 26.7 Å². The zero-order valence-electron chi connectivity index (χ0n) is 13.9. The van der Waals surface area contributed by atoms with Crippen LogP contribution in [0.1, 0.15) is 58.1 Å². The summed E-state index contributed by atoms with van der Waals surface area (Å²) in [7, 11) is 0. The van der Waals surface area contributed by atoms with Crippen LogP contribution in [0.5, 0.6) is 0 Å². The van der Waals surface area contributed by atoms with E-state index in [9.17, 15) is 4.79 Å². The normalized spacial score (nSPS) is 17.5. The first-order valence-corrected chi connectivity index (χ1v) is 8.47. The maximum atomic E-state index is 10.8. The number of rotatable bonds is 6. The van der Waals surface area contributed by atoms with Gasteiger partial charge in [-0.3, -0.25) is 4.79 Å². The minimum Gasteiger partial charge on any atom is -0.481 e. The van der Waals surface area contributed by atoms with Crippen LogP contribution in [0, 0.1) is 0 Å². The number of thiol groups is 1. The lowest BCUT2D eigenvalue weighted by molar-refractivity contribution is -0.455. The summed E-state index contributed by atoms with van der Waals surface area (Å²) in [5.74, 6) is -0.748. The third-order valence-corrected chi connectivity index (χ3v) is 5.22. The molecule has 0 saturated heterocycles. The molecule has 0 spiro atoms. The highest BCUT2D eigenvalue weighted by Crippen LogP contribution is 2.41. The molecule has 1 unspecified atom stereocenters. The van der Waals surface area contributed by atoms with Crippen LogP contribution in [0.25, 0.3) is 0 Å². The third-order valence-electron chi connectivity index (χ3n) is 4.73. The second-order valence-electron chi connectivity index (χ2n) is 6.59.